The first kappa shape index (κ1) is 19.6. The number of allylic oxidation sites excluding steroid dienone is 1. The Labute approximate surface area is 188 Å². The Morgan fingerprint density at radius 3 is 2.61 bits per heavy atom. The predicted molar refractivity (Wildman–Crippen MR) is 123 cm³/mol. The van der Waals surface area contributed by atoms with Gasteiger partial charge in [0.15, 0.2) is 5.82 Å². The maximum Gasteiger partial charge on any atom is 0.248 e. The third kappa shape index (κ3) is 3.15. The van der Waals surface area contributed by atoms with Crippen molar-refractivity contribution >= 4 is 45.8 Å². The molecule has 154 valence electrons. The normalized spacial score (nSPS) is 15.6. The van der Waals surface area contributed by atoms with Crippen LogP contribution in [-0.2, 0) is 4.79 Å². The quantitative estimate of drug-likeness (QED) is 0.451. The summed E-state index contributed by atoms with van der Waals surface area (Å²) in [6.45, 7) is 1.78. The molecule has 1 atom stereocenters. The number of hydrogen-bond acceptors (Lipinski definition) is 4. The number of nitrogens with one attached hydrogen (secondary N) is 1. The number of primary amides is 1. The second kappa shape index (κ2) is 7.41. The van der Waals surface area contributed by atoms with Gasteiger partial charge in [-0.2, -0.15) is 4.98 Å². The molecule has 0 radical (unpaired) electrons. The van der Waals surface area contributed by atoms with E-state index < -0.39 is 11.9 Å². The van der Waals surface area contributed by atoms with Crippen molar-refractivity contribution in [3.63, 3.8) is 0 Å². The third-order valence-corrected chi connectivity index (χ3v) is 6.26. The van der Waals surface area contributed by atoms with Crippen LogP contribution in [0.4, 0.5) is 5.95 Å². The van der Waals surface area contributed by atoms with Gasteiger partial charge in [0.1, 0.15) is 6.04 Å². The van der Waals surface area contributed by atoms with E-state index in [9.17, 15) is 4.79 Å². The number of nitrogens with zero attached hydrogens (tertiary/aromatic N) is 3. The van der Waals surface area contributed by atoms with Gasteiger partial charge in [-0.1, -0.05) is 77.8 Å². The summed E-state index contributed by atoms with van der Waals surface area (Å²) < 4.78 is 1.64. The molecule has 8 heteroatoms. The van der Waals surface area contributed by atoms with E-state index >= 15 is 0 Å². The lowest BCUT2D eigenvalue weighted by Gasteiger charge is -2.28. The summed E-state index contributed by atoms with van der Waals surface area (Å²) in [5.74, 6) is 0.450. The van der Waals surface area contributed by atoms with Gasteiger partial charge in [-0.05, 0) is 23.8 Å². The second-order valence-electron chi connectivity index (χ2n) is 7.30. The zero-order valence-corrected chi connectivity index (χ0v) is 17.9. The molecule has 1 aliphatic rings. The number of nitrogens with two attached hydrogens (primary N) is 1. The molecule has 5 rings (SSSR count). The molecule has 6 nitrogen and oxygen atoms in total. The molecule has 1 aromatic heterocycles. The standard InChI is InChI=1S/C23H17Cl2N5O/c1-12-18(21(26)31)20(16-10-5-11-17(24)19(16)25)30-23(27-12)28-22(29-30)15-9-4-7-13-6-2-3-8-14(13)15/h2-11,20H,1H3,(H2,26,31)(H,27,28,29). The van der Waals surface area contributed by atoms with Crippen LogP contribution in [0.2, 0.25) is 10.0 Å². The Balaban J connectivity index is 1.74. The van der Waals surface area contributed by atoms with Gasteiger partial charge in [0.25, 0.3) is 0 Å². The average Bonchev–Trinajstić information content (AvgIpc) is 3.17. The third-order valence-electron chi connectivity index (χ3n) is 5.42. The second-order valence-corrected chi connectivity index (χ2v) is 8.09. The van der Waals surface area contributed by atoms with Crippen LogP contribution in [0.25, 0.3) is 22.2 Å². The van der Waals surface area contributed by atoms with Gasteiger partial charge in [-0.25, -0.2) is 4.68 Å². The molecule has 0 bridgehead atoms. The van der Waals surface area contributed by atoms with Crippen LogP contribution in [0.1, 0.15) is 18.5 Å². The highest BCUT2D eigenvalue weighted by Crippen LogP contribution is 2.41. The molecular formula is C23H17Cl2N5O. The topological polar surface area (TPSA) is 85.8 Å². The van der Waals surface area contributed by atoms with Crippen LogP contribution in [0.3, 0.4) is 0 Å². The van der Waals surface area contributed by atoms with Gasteiger partial charge in [-0.15, -0.1) is 5.10 Å². The van der Waals surface area contributed by atoms with E-state index in [1.807, 2.05) is 48.5 Å². The highest BCUT2D eigenvalue weighted by Gasteiger charge is 2.35. The van der Waals surface area contributed by atoms with Crippen molar-refractivity contribution in [3.05, 3.63) is 87.5 Å². The first-order valence-electron chi connectivity index (χ1n) is 9.62. The summed E-state index contributed by atoms with van der Waals surface area (Å²) in [6.07, 6.45) is 0. The van der Waals surface area contributed by atoms with Gasteiger partial charge >= 0.3 is 0 Å². The molecule has 0 spiro atoms. The van der Waals surface area contributed by atoms with Crippen molar-refractivity contribution in [2.24, 2.45) is 5.73 Å². The number of carbonyl (C=O) groups is 1. The van der Waals surface area contributed by atoms with Crippen molar-refractivity contribution < 1.29 is 4.79 Å². The van der Waals surface area contributed by atoms with Crippen LogP contribution in [0, 0.1) is 0 Å². The molecule has 1 aliphatic heterocycles. The van der Waals surface area contributed by atoms with E-state index in [4.69, 9.17) is 39.0 Å². The Morgan fingerprint density at radius 1 is 1.06 bits per heavy atom. The lowest BCUT2D eigenvalue weighted by atomic mass is 9.95. The van der Waals surface area contributed by atoms with Crippen molar-refractivity contribution in [2.45, 2.75) is 13.0 Å². The van der Waals surface area contributed by atoms with E-state index in [-0.39, 0.29) is 0 Å². The van der Waals surface area contributed by atoms with Crippen LogP contribution < -0.4 is 11.1 Å². The molecule has 0 fully saturated rings. The summed E-state index contributed by atoms with van der Waals surface area (Å²) in [5.41, 5.74) is 8.21. The minimum absolute atomic E-state index is 0.343. The molecule has 0 saturated carbocycles. The van der Waals surface area contributed by atoms with E-state index in [2.05, 4.69) is 5.32 Å². The molecular weight excluding hydrogens is 433 g/mol. The molecule has 4 aromatic rings. The van der Waals surface area contributed by atoms with Gasteiger partial charge in [0.2, 0.25) is 11.9 Å². The number of hydrogen-bond donors (Lipinski definition) is 2. The molecule has 31 heavy (non-hydrogen) atoms. The fraction of sp³-hybridized carbons (Fsp3) is 0.0870. The fourth-order valence-electron chi connectivity index (χ4n) is 4.02. The van der Waals surface area contributed by atoms with Crippen molar-refractivity contribution in [2.75, 3.05) is 5.32 Å². The van der Waals surface area contributed by atoms with E-state index in [1.54, 1.807) is 23.7 Å². The highest BCUT2D eigenvalue weighted by molar-refractivity contribution is 6.42. The zero-order chi connectivity index (χ0) is 21.7. The zero-order valence-electron chi connectivity index (χ0n) is 16.4. The lowest BCUT2D eigenvalue weighted by Crippen LogP contribution is -2.32. The van der Waals surface area contributed by atoms with E-state index in [0.717, 1.165) is 16.3 Å². The van der Waals surface area contributed by atoms with Crippen LogP contribution in [0.15, 0.2) is 71.9 Å². The Hall–Kier alpha value is -3.35. The van der Waals surface area contributed by atoms with Crippen molar-refractivity contribution in [3.8, 4) is 11.4 Å². The van der Waals surface area contributed by atoms with Crippen LogP contribution >= 0.6 is 23.2 Å². The first-order valence-corrected chi connectivity index (χ1v) is 10.4. The number of amides is 1. The highest BCUT2D eigenvalue weighted by atomic mass is 35.5. The predicted octanol–water partition coefficient (Wildman–Crippen LogP) is 5.18. The molecule has 0 aliphatic carbocycles. The van der Waals surface area contributed by atoms with Crippen molar-refractivity contribution in [1.29, 1.82) is 0 Å². The van der Waals surface area contributed by atoms with Crippen LogP contribution in [0.5, 0.6) is 0 Å². The summed E-state index contributed by atoms with van der Waals surface area (Å²) in [5, 5.41) is 10.8. The number of rotatable bonds is 3. The Bertz CT molecular complexity index is 1390. The Morgan fingerprint density at radius 2 is 1.81 bits per heavy atom. The maximum absolute atomic E-state index is 12.4. The number of fused-ring (bicyclic) bond motifs is 2. The summed E-state index contributed by atoms with van der Waals surface area (Å²) in [6, 6.07) is 18.6. The average molecular weight is 450 g/mol. The minimum atomic E-state index is -0.656. The number of carbonyl (C=O) groups excluding carboxylic acids is 1. The van der Waals surface area contributed by atoms with Gasteiger partial charge in [0.05, 0.1) is 15.6 Å². The number of aromatic nitrogens is 3. The lowest BCUT2D eigenvalue weighted by molar-refractivity contribution is -0.115. The number of benzene rings is 3. The van der Waals surface area contributed by atoms with Crippen LogP contribution in [-0.4, -0.2) is 20.7 Å². The van der Waals surface area contributed by atoms with Crippen molar-refractivity contribution in [1.82, 2.24) is 14.8 Å². The van der Waals surface area contributed by atoms with Gasteiger partial charge < -0.3 is 11.1 Å². The molecule has 3 aromatic carbocycles. The van der Waals surface area contributed by atoms with Gasteiger partial charge in [0, 0.05) is 16.8 Å². The SMILES string of the molecule is CC1=C(C(N)=O)C(c2cccc(Cl)c2Cl)n2nc(-c3cccc4ccccc34)nc2N1. The monoisotopic (exact) mass is 449 g/mol. The summed E-state index contributed by atoms with van der Waals surface area (Å²) in [4.78, 5) is 17.1. The molecule has 1 amide bonds. The first-order chi connectivity index (χ1) is 15.0. The van der Waals surface area contributed by atoms with Gasteiger partial charge in [-0.3, -0.25) is 4.79 Å². The number of anilines is 1. The smallest absolute Gasteiger partial charge is 0.248 e. The van der Waals surface area contributed by atoms with E-state index in [1.165, 1.54) is 0 Å². The largest absolute Gasteiger partial charge is 0.366 e. The Kier molecular flexibility index (Phi) is 4.68. The maximum atomic E-state index is 12.4. The fourth-order valence-corrected chi connectivity index (χ4v) is 4.44. The summed E-state index contributed by atoms with van der Waals surface area (Å²) >= 11 is 12.8. The molecule has 1 unspecified atom stereocenters. The molecule has 0 saturated heterocycles. The molecule has 3 N–H and O–H groups in total. The molecule has 2 heterocycles. The summed E-state index contributed by atoms with van der Waals surface area (Å²) in [7, 11) is 0. The number of halogens is 2. The minimum Gasteiger partial charge on any atom is -0.366 e. The van der Waals surface area contributed by atoms with E-state index in [0.29, 0.717) is 38.7 Å².